The lowest BCUT2D eigenvalue weighted by Gasteiger charge is -2.05. The van der Waals surface area contributed by atoms with Crippen molar-refractivity contribution in [2.75, 3.05) is 5.75 Å². The minimum atomic E-state index is -0.0538. The highest BCUT2D eigenvalue weighted by Crippen LogP contribution is 2.23. The minimum absolute atomic E-state index is 0.0538. The van der Waals surface area contributed by atoms with Gasteiger partial charge in [0.05, 0.1) is 23.6 Å². The number of nitrogens with one attached hydrogen (secondary N) is 1. The molecule has 23 heavy (non-hydrogen) atoms. The zero-order chi connectivity index (χ0) is 16.1. The van der Waals surface area contributed by atoms with Gasteiger partial charge >= 0.3 is 0 Å². The molecule has 0 unspecified atom stereocenters. The third-order valence-corrected chi connectivity index (χ3v) is 4.08. The SMILES string of the molecule is N#Cc1ccc(-c2ccccc2C=NN=C2NC(=O)CS2)cc1. The zero-order valence-electron chi connectivity index (χ0n) is 12.1. The molecule has 2 aromatic rings. The highest BCUT2D eigenvalue weighted by Gasteiger charge is 2.15. The second-order valence-corrected chi connectivity index (χ2v) is 5.73. The summed E-state index contributed by atoms with van der Waals surface area (Å²) in [6.45, 7) is 0. The Labute approximate surface area is 137 Å². The summed E-state index contributed by atoms with van der Waals surface area (Å²) in [4.78, 5) is 11.1. The molecule has 0 saturated carbocycles. The van der Waals surface area contributed by atoms with E-state index in [1.807, 2.05) is 36.4 Å². The quantitative estimate of drug-likeness (QED) is 0.698. The third-order valence-electron chi connectivity index (χ3n) is 3.22. The van der Waals surface area contributed by atoms with E-state index in [0.29, 0.717) is 16.5 Å². The van der Waals surface area contributed by atoms with Crippen LogP contribution in [0.2, 0.25) is 0 Å². The van der Waals surface area contributed by atoms with Gasteiger partial charge in [-0.25, -0.2) is 0 Å². The molecule has 0 aromatic heterocycles. The van der Waals surface area contributed by atoms with Gasteiger partial charge in [-0.1, -0.05) is 48.2 Å². The first-order valence-corrected chi connectivity index (χ1v) is 7.88. The van der Waals surface area contributed by atoms with Crippen LogP contribution in [0.4, 0.5) is 0 Å². The van der Waals surface area contributed by atoms with Gasteiger partial charge in [0, 0.05) is 5.56 Å². The number of benzene rings is 2. The predicted octanol–water partition coefficient (Wildman–Crippen LogP) is 2.78. The Kier molecular flexibility index (Phi) is 4.50. The molecule has 1 fully saturated rings. The van der Waals surface area contributed by atoms with Gasteiger partial charge < -0.3 is 5.32 Å². The number of thioether (sulfide) groups is 1. The van der Waals surface area contributed by atoms with Crippen LogP contribution < -0.4 is 5.32 Å². The van der Waals surface area contributed by atoms with Crippen LogP contribution in [0.1, 0.15) is 11.1 Å². The van der Waals surface area contributed by atoms with Gasteiger partial charge in [0.1, 0.15) is 0 Å². The third kappa shape index (κ3) is 3.65. The van der Waals surface area contributed by atoms with Gasteiger partial charge in [-0.15, -0.1) is 5.10 Å². The van der Waals surface area contributed by atoms with Crippen LogP contribution >= 0.6 is 11.8 Å². The van der Waals surface area contributed by atoms with Crippen molar-refractivity contribution in [3.8, 4) is 17.2 Å². The van der Waals surface area contributed by atoms with E-state index in [9.17, 15) is 4.79 Å². The van der Waals surface area contributed by atoms with Crippen LogP contribution in [0, 0.1) is 11.3 Å². The van der Waals surface area contributed by atoms with E-state index >= 15 is 0 Å². The maximum atomic E-state index is 11.1. The highest BCUT2D eigenvalue weighted by atomic mass is 32.2. The fraction of sp³-hybridized carbons (Fsp3) is 0.0588. The molecular formula is C17H12N4OS. The fourth-order valence-corrected chi connectivity index (χ4v) is 2.75. The van der Waals surface area contributed by atoms with Crippen molar-refractivity contribution in [2.24, 2.45) is 10.2 Å². The molecule has 1 N–H and O–H groups in total. The molecule has 1 saturated heterocycles. The number of carbonyl (C=O) groups excluding carboxylic acids is 1. The van der Waals surface area contributed by atoms with Crippen LogP contribution in [0.5, 0.6) is 0 Å². The molecule has 1 amide bonds. The standard InChI is InChI=1S/C17H12N4OS/c18-9-12-5-7-13(8-6-12)15-4-2-1-3-14(15)10-19-21-17-20-16(22)11-23-17/h1-8,10H,11H2,(H,20,21,22). The Morgan fingerprint density at radius 3 is 2.65 bits per heavy atom. The fourth-order valence-electron chi connectivity index (χ4n) is 2.12. The number of hydrogen-bond acceptors (Lipinski definition) is 5. The molecule has 1 aliphatic heterocycles. The zero-order valence-corrected chi connectivity index (χ0v) is 12.9. The van der Waals surface area contributed by atoms with Crippen LogP contribution in [-0.4, -0.2) is 23.0 Å². The maximum Gasteiger partial charge on any atom is 0.236 e. The topological polar surface area (TPSA) is 77.6 Å². The summed E-state index contributed by atoms with van der Waals surface area (Å²) in [6, 6.07) is 17.3. The lowest BCUT2D eigenvalue weighted by atomic mass is 9.99. The molecule has 6 heteroatoms. The number of amidine groups is 1. The Hall–Kier alpha value is -2.91. The monoisotopic (exact) mass is 320 g/mol. The molecule has 0 aliphatic carbocycles. The lowest BCUT2D eigenvalue weighted by molar-refractivity contribution is -0.116. The van der Waals surface area contributed by atoms with E-state index in [2.05, 4.69) is 21.6 Å². The van der Waals surface area contributed by atoms with Crippen LogP contribution in [0.15, 0.2) is 58.7 Å². The highest BCUT2D eigenvalue weighted by molar-refractivity contribution is 8.15. The molecule has 0 spiro atoms. The second-order valence-electron chi connectivity index (χ2n) is 4.76. The molecule has 1 heterocycles. The van der Waals surface area contributed by atoms with Gasteiger partial charge in [-0.05, 0) is 23.3 Å². The first-order valence-electron chi connectivity index (χ1n) is 6.89. The largest absolute Gasteiger partial charge is 0.303 e. The molecule has 5 nitrogen and oxygen atoms in total. The number of amides is 1. The summed E-state index contributed by atoms with van der Waals surface area (Å²) >= 11 is 1.34. The van der Waals surface area contributed by atoms with Crippen molar-refractivity contribution in [3.63, 3.8) is 0 Å². The Morgan fingerprint density at radius 1 is 1.17 bits per heavy atom. The first-order chi connectivity index (χ1) is 11.3. The smallest absolute Gasteiger partial charge is 0.236 e. The molecule has 1 aliphatic rings. The van der Waals surface area contributed by atoms with Gasteiger partial charge in [-0.3, -0.25) is 4.79 Å². The average Bonchev–Trinajstić information content (AvgIpc) is 3.01. The summed E-state index contributed by atoms with van der Waals surface area (Å²) in [5, 5.41) is 20.1. The summed E-state index contributed by atoms with van der Waals surface area (Å²) in [5.74, 6) is 0.331. The first kappa shape index (κ1) is 15.0. The molecule has 3 rings (SSSR count). The molecule has 0 atom stereocenters. The molecule has 2 aromatic carbocycles. The van der Waals surface area contributed by atoms with E-state index in [1.54, 1.807) is 18.3 Å². The van der Waals surface area contributed by atoms with Gasteiger partial charge in [0.25, 0.3) is 0 Å². The second kappa shape index (κ2) is 6.90. The van der Waals surface area contributed by atoms with E-state index in [-0.39, 0.29) is 5.91 Å². The van der Waals surface area contributed by atoms with Gasteiger partial charge in [0.15, 0.2) is 5.17 Å². The van der Waals surface area contributed by atoms with Crippen molar-refractivity contribution in [1.29, 1.82) is 5.26 Å². The number of carbonyl (C=O) groups is 1. The van der Waals surface area contributed by atoms with Gasteiger partial charge in [0.2, 0.25) is 5.91 Å². The number of hydrogen-bond donors (Lipinski definition) is 1. The molecule has 112 valence electrons. The number of rotatable bonds is 3. The Morgan fingerprint density at radius 2 is 1.96 bits per heavy atom. The minimum Gasteiger partial charge on any atom is -0.303 e. The summed E-state index contributed by atoms with van der Waals surface area (Å²) in [5.41, 5.74) is 3.54. The van der Waals surface area contributed by atoms with Crippen LogP contribution in [0.3, 0.4) is 0 Å². The van der Waals surface area contributed by atoms with Crippen LogP contribution in [-0.2, 0) is 4.79 Å². The molecule has 0 radical (unpaired) electrons. The average molecular weight is 320 g/mol. The molecule has 0 bridgehead atoms. The van der Waals surface area contributed by atoms with E-state index in [1.165, 1.54) is 11.8 Å². The lowest BCUT2D eigenvalue weighted by Crippen LogP contribution is -2.19. The molecular weight excluding hydrogens is 308 g/mol. The van der Waals surface area contributed by atoms with Gasteiger partial charge in [-0.2, -0.15) is 10.4 Å². The van der Waals surface area contributed by atoms with Crippen LogP contribution in [0.25, 0.3) is 11.1 Å². The van der Waals surface area contributed by atoms with E-state index < -0.39 is 0 Å². The van der Waals surface area contributed by atoms with Crippen molar-refractivity contribution in [2.45, 2.75) is 0 Å². The summed E-state index contributed by atoms with van der Waals surface area (Å²) in [7, 11) is 0. The summed E-state index contributed by atoms with van der Waals surface area (Å²) in [6.07, 6.45) is 1.66. The predicted molar refractivity (Wildman–Crippen MR) is 92.2 cm³/mol. The number of nitrogens with zero attached hydrogens (tertiary/aromatic N) is 3. The normalized spacial score (nSPS) is 15.8. The van der Waals surface area contributed by atoms with Crippen molar-refractivity contribution >= 4 is 29.1 Å². The van der Waals surface area contributed by atoms with Crippen molar-refractivity contribution in [3.05, 3.63) is 59.7 Å². The Bertz CT molecular complexity index is 834. The number of nitriles is 1. The van der Waals surface area contributed by atoms with Crippen molar-refractivity contribution in [1.82, 2.24) is 5.32 Å². The Balaban J connectivity index is 1.85. The maximum absolute atomic E-state index is 11.1. The van der Waals surface area contributed by atoms with E-state index in [4.69, 9.17) is 5.26 Å². The van der Waals surface area contributed by atoms with Crippen molar-refractivity contribution < 1.29 is 4.79 Å². The van der Waals surface area contributed by atoms with E-state index in [0.717, 1.165) is 16.7 Å². The summed E-state index contributed by atoms with van der Waals surface area (Å²) < 4.78 is 0.